The molecule has 0 spiro atoms. The predicted molar refractivity (Wildman–Crippen MR) is 64.3 cm³/mol. The maximum Gasteiger partial charge on any atom is 0.121 e. The fourth-order valence-electron chi connectivity index (χ4n) is 1.58. The van der Waals surface area contributed by atoms with Gasteiger partial charge in [0.15, 0.2) is 0 Å². The quantitative estimate of drug-likeness (QED) is 0.724. The van der Waals surface area contributed by atoms with Crippen molar-refractivity contribution < 1.29 is 4.74 Å². The molecule has 2 heteroatoms. The van der Waals surface area contributed by atoms with Crippen LogP contribution < -0.4 is 10.1 Å². The van der Waals surface area contributed by atoms with Gasteiger partial charge < -0.3 is 10.1 Å². The van der Waals surface area contributed by atoms with Crippen LogP contribution in [-0.2, 0) is 6.54 Å². The summed E-state index contributed by atoms with van der Waals surface area (Å²) < 4.78 is 5.22. The minimum Gasteiger partial charge on any atom is -0.496 e. The molecule has 0 amide bonds. The van der Waals surface area contributed by atoms with Crippen LogP contribution in [-0.4, -0.2) is 13.7 Å². The fourth-order valence-corrected chi connectivity index (χ4v) is 1.58. The number of unbranched alkanes of at least 4 members (excludes halogenated alkanes) is 1. The smallest absolute Gasteiger partial charge is 0.121 e. The van der Waals surface area contributed by atoms with Gasteiger partial charge in [-0.3, -0.25) is 0 Å². The van der Waals surface area contributed by atoms with E-state index < -0.39 is 0 Å². The van der Waals surface area contributed by atoms with Crippen molar-refractivity contribution in [2.45, 2.75) is 33.2 Å². The highest BCUT2D eigenvalue weighted by Gasteiger charge is 1.99. The Kier molecular flexibility index (Phi) is 5.19. The van der Waals surface area contributed by atoms with Gasteiger partial charge in [-0.05, 0) is 37.1 Å². The van der Waals surface area contributed by atoms with Gasteiger partial charge in [-0.25, -0.2) is 0 Å². The molecule has 0 aromatic heterocycles. The Balaban J connectivity index is 2.45. The first-order chi connectivity index (χ1) is 7.27. The molecule has 0 atom stereocenters. The number of nitrogens with one attached hydrogen (secondary N) is 1. The van der Waals surface area contributed by atoms with Crippen LogP contribution in [0.5, 0.6) is 5.75 Å². The molecule has 0 aliphatic heterocycles. The molecule has 0 fully saturated rings. The number of hydrogen-bond acceptors (Lipinski definition) is 2. The lowest BCUT2D eigenvalue weighted by atomic mass is 10.1. The lowest BCUT2D eigenvalue weighted by Gasteiger charge is -2.08. The zero-order valence-electron chi connectivity index (χ0n) is 9.97. The second kappa shape index (κ2) is 6.46. The van der Waals surface area contributed by atoms with Crippen molar-refractivity contribution in [3.05, 3.63) is 29.3 Å². The van der Waals surface area contributed by atoms with Crippen molar-refractivity contribution in [3.63, 3.8) is 0 Å². The van der Waals surface area contributed by atoms with Gasteiger partial charge >= 0.3 is 0 Å². The van der Waals surface area contributed by atoms with Crippen LogP contribution in [0.3, 0.4) is 0 Å². The van der Waals surface area contributed by atoms with Gasteiger partial charge in [-0.2, -0.15) is 0 Å². The van der Waals surface area contributed by atoms with E-state index in [0.717, 1.165) is 18.8 Å². The Morgan fingerprint density at radius 1 is 1.33 bits per heavy atom. The normalized spacial score (nSPS) is 10.3. The molecule has 0 heterocycles. The van der Waals surface area contributed by atoms with E-state index in [-0.39, 0.29) is 0 Å². The molecule has 0 saturated heterocycles. The average molecular weight is 207 g/mol. The summed E-state index contributed by atoms with van der Waals surface area (Å²) in [6, 6.07) is 6.33. The van der Waals surface area contributed by atoms with E-state index in [0.29, 0.717) is 0 Å². The van der Waals surface area contributed by atoms with Crippen LogP contribution in [0, 0.1) is 6.92 Å². The van der Waals surface area contributed by atoms with Gasteiger partial charge in [0, 0.05) is 6.54 Å². The summed E-state index contributed by atoms with van der Waals surface area (Å²) >= 11 is 0. The van der Waals surface area contributed by atoms with Gasteiger partial charge in [0.1, 0.15) is 5.75 Å². The highest BCUT2D eigenvalue weighted by molar-refractivity contribution is 5.36. The summed E-state index contributed by atoms with van der Waals surface area (Å²) in [5, 5.41) is 3.43. The minimum atomic E-state index is 0.949. The number of ether oxygens (including phenoxy) is 1. The molecule has 84 valence electrons. The van der Waals surface area contributed by atoms with Gasteiger partial charge in [-0.1, -0.05) is 25.5 Å². The first kappa shape index (κ1) is 12.1. The standard InChI is InChI=1S/C13H21NO/c1-4-5-8-14-10-12-6-7-13(15-3)11(2)9-12/h6-7,9,14H,4-5,8,10H2,1-3H3. The van der Waals surface area contributed by atoms with E-state index in [2.05, 4.69) is 31.3 Å². The third kappa shape index (κ3) is 3.92. The Morgan fingerprint density at radius 2 is 2.13 bits per heavy atom. The summed E-state index contributed by atoms with van der Waals surface area (Å²) in [6.07, 6.45) is 2.49. The summed E-state index contributed by atoms with van der Waals surface area (Å²) in [6.45, 7) is 6.33. The molecule has 15 heavy (non-hydrogen) atoms. The van der Waals surface area contributed by atoms with Crippen LogP contribution in [0.15, 0.2) is 18.2 Å². The summed E-state index contributed by atoms with van der Waals surface area (Å²) in [5.74, 6) is 0.965. The fraction of sp³-hybridized carbons (Fsp3) is 0.538. The summed E-state index contributed by atoms with van der Waals surface area (Å²) in [5.41, 5.74) is 2.52. The van der Waals surface area contributed by atoms with Crippen molar-refractivity contribution >= 4 is 0 Å². The number of benzene rings is 1. The molecule has 0 saturated carbocycles. The number of hydrogen-bond donors (Lipinski definition) is 1. The van der Waals surface area contributed by atoms with Crippen LogP contribution >= 0.6 is 0 Å². The average Bonchev–Trinajstić information content (AvgIpc) is 2.25. The number of aryl methyl sites for hydroxylation is 1. The van der Waals surface area contributed by atoms with Crippen molar-refractivity contribution in [3.8, 4) is 5.75 Å². The molecule has 0 radical (unpaired) electrons. The molecule has 0 aliphatic carbocycles. The van der Waals surface area contributed by atoms with Crippen LogP contribution in [0.25, 0.3) is 0 Å². The monoisotopic (exact) mass is 207 g/mol. The maximum absolute atomic E-state index is 5.22. The molecular weight excluding hydrogens is 186 g/mol. The molecule has 1 aromatic carbocycles. The van der Waals surface area contributed by atoms with Crippen molar-refractivity contribution in [2.24, 2.45) is 0 Å². The SMILES string of the molecule is CCCCNCc1ccc(OC)c(C)c1. The largest absolute Gasteiger partial charge is 0.496 e. The van der Waals surface area contributed by atoms with E-state index in [1.165, 1.54) is 24.0 Å². The zero-order valence-corrected chi connectivity index (χ0v) is 9.97. The van der Waals surface area contributed by atoms with E-state index in [1.807, 2.05) is 6.07 Å². The highest BCUT2D eigenvalue weighted by Crippen LogP contribution is 2.18. The topological polar surface area (TPSA) is 21.3 Å². The van der Waals surface area contributed by atoms with Crippen LogP contribution in [0.4, 0.5) is 0 Å². The van der Waals surface area contributed by atoms with E-state index in [9.17, 15) is 0 Å². The molecule has 0 bridgehead atoms. The molecule has 1 rings (SSSR count). The van der Waals surface area contributed by atoms with Crippen molar-refractivity contribution in [1.29, 1.82) is 0 Å². The third-order valence-corrected chi connectivity index (χ3v) is 2.50. The Morgan fingerprint density at radius 3 is 2.73 bits per heavy atom. The van der Waals surface area contributed by atoms with Crippen molar-refractivity contribution in [2.75, 3.05) is 13.7 Å². The molecule has 1 N–H and O–H groups in total. The van der Waals surface area contributed by atoms with Gasteiger partial charge in [-0.15, -0.1) is 0 Å². The molecular formula is C13H21NO. The Hall–Kier alpha value is -1.02. The number of methoxy groups -OCH3 is 1. The lowest BCUT2D eigenvalue weighted by molar-refractivity contribution is 0.411. The Bertz CT molecular complexity index is 297. The van der Waals surface area contributed by atoms with Crippen LogP contribution in [0.1, 0.15) is 30.9 Å². The van der Waals surface area contributed by atoms with Gasteiger partial charge in [0.2, 0.25) is 0 Å². The maximum atomic E-state index is 5.22. The van der Waals surface area contributed by atoms with Crippen LogP contribution in [0.2, 0.25) is 0 Å². The first-order valence-corrected chi connectivity index (χ1v) is 5.62. The first-order valence-electron chi connectivity index (χ1n) is 5.62. The van der Waals surface area contributed by atoms with E-state index >= 15 is 0 Å². The van der Waals surface area contributed by atoms with E-state index in [4.69, 9.17) is 4.74 Å². The second-order valence-electron chi connectivity index (χ2n) is 3.83. The molecule has 1 aromatic rings. The molecule has 0 aliphatic rings. The van der Waals surface area contributed by atoms with Gasteiger partial charge in [0.05, 0.1) is 7.11 Å². The lowest BCUT2D eigenvalue weighted by Crippen LogP contribution is -2.14. The second-order valence-corrected chi connectivity index (χ2v) is 3.83. The van der Waals surface area contributed by atoms with Gasteiger partial charge in [0.25, 0.3) is 0 Å². The highest BCUT2D eigenvalue weighted by atomic mass is 16.5. The van der Waals surface area contributed by atoms with Crippen molar-refractivity contribution in [1.82, 2.24) is 5.32 Å². The Labute approximate surface area is 92.6 Å². The van der Waals surface area contributed by atoms with E-state index in [1.54, 1.807) is 7.11 Å². The zero-order chi connectivity index (χ0) is 11.1. The predicted octanol–water partition coefficient (Wildman–Crippen LogP) is 2.89. The summed E-state index contributed by atoms with van der Waals surface area (Å²) in [4.78, 5) is 0. The summed E-state index contributed by atoms with van der Waals surface area (Å²) in [7, 11) is 1.71. The number of rotatable bonds is 6. The minimum absolute atomic E-state index is 0.949. The molecule has 2 nitrogen and oxygen atoms in total. The molecule has 0 unspecified atom stereocenters. The third-order valence-electron chi connectivity index (χ3n) is 2.50.